The van der Waals surface area contributed by atoms with Gasteiger partial charge in [0, 0.05) is 17.3 Å². The van der Waals surface area contributed by atoms with E-state index in [9.17, 15) is 9.59 Å². The van der Waals surface area contributed by atoms with Crippen molar-refractivity contribution in [2.75, 3.05) is 5.32 Å². The number of hydrogen-bond acceptors (Lipinski definition) is 6. The first kappa shape index (κ1) is 22.7. The Labute approximate surface area is 200 Å². The molecule has 1 N–H and O–H groups in total. The van der Waals surface area contributed by atoms with E-state index in [-0.39, 0.29) is 24.4 Å². The first-order valence-electron chi connectivity index (χ1n) is 10.3. The summed E-state index contributed by atoms with van der Waals surface area (Å²) < 4.78 is 5.78. The van der Waals surface area contributed by atoms with Gasteiger partial charge in [0.25, 0.3) is 11.8 Å². The highest BCUT2D eigenvalue weighted by Gasteiger charge is 2.23. The van der Waals surface area contributed by atoms with E-state index in [2.05, 4.69) is 15.5 Å². The molecule has 168 valence electrons. The number of carbonyl (C=O) groups excluding carboxylic acids is 2. The molecule has 0 saturated heterocycles. The van der Waals surface area contributed by atoms with Crippen molar-refractivity contribution in [3.8, 4) is 11.5 Å². The largest absolute Gasteiger partial charge is 0.419 e. The maximum absolute atomic E-state index is 13.3. The van der Waals surface area contributed by atoms with Crippen LogP contribution in [0.4, 0.5) is 5.69 Å². The number of aromatic nitrogens is 2. The van der Waals surface area contributed by atoms with Crippen LogP contribution in [0.15, 0.2) is 70.5 Å². The van der Waals surface area contributed by atoms with E-state index in [0.717, 1.165) is 0 Å². The molecule has 0 aliphatic rings. The lowest BCUT2D eigenvalue weighted by atomic mass is 10.1. The van der Waals surface area contributed by atoms with Gasteiger partial charge in [-0.15, -0.1) is 21.5 Å². The molecule has 2 heterocycles. The Morgan fingerprint density at radius 2 is 1.91 bits per heavy atom. The second-order valence-corrected chi connectivity index (χ2v) is 8.87. The first-order valence-corrected chi connectivity index (χ1v) is 11.5. The molecule has 0 radical (unpaired) electrons. The van der Waals surface area contributed by atoms with Crippen molar-refractivity contribution in [2.45, 2.75) is 26.4 Å². The van der Waals surface area contributed by atoms with Gasteiger partial charge < -0.3 is 14.6 Å². The number of hydrogen-bond donors (Lipinski definition) is 1. The summed E-state index contributed by atoms with van der Waals surface area (Å²) in [4.78, 5) is 27.9. The van der Waals surface area contributed by atoms with Crippen LogP contribution >= 0.6 is 22.9 Å². The molecular weight excluding hydrogens is 460 g/mol. The molecule has 0 aliphatic heterocycles. The summed E-state index contributed by atoms with van der Waals surface area (Å²) in [6.45, 7) is 3.96. The fraction of sp³-hybridized carbons (Fsp3) is 0.167. The van der Waals surface area contributed by atoms with Crippen molar-refractivity contribution in [2.24, 2.45) is 0 Å². The molecule has 0 fully saturated rings. The van der Waals surface area contributed by atoms with Crippen molar-refractivity contribution in [3.05, 3.63) is 87.4 Å². The van der Waals surface area contributed by atoms with E-state index >= 15 is 0 Å². The SMILES string of the molecule is CC(C)N(Cc1nnc(-c2ccccc2Cl)o1)C(=O)c1cccc(NC(=O)c2cccs2)c1. The molecule has 33 heavy (non-hydrogen) atoms. The minimum atomic E-state index is -0.215. The maximum Gasteiger partial charge on any atom is 0.265 e. The monoisotopic (exact) mass is 480 g/mol. The van der Waals surface area contributed by atoms with Crippen LogP contribution in [-0.4, -0.2) is 33.0 Å². The van der Waals surface area contributed by atoms with E-state index in [1.807, 2.05) is 37.4 Å². The summed E-state index contributed by atoms with van der Waals surface area (Å²) >= 11 is 7.57. The van der Waals surface area contributed by atoms with Gasteiger partial charge in [0.15, 0.2) is 0 Å². The van der Waals surface area contributed by atoms with Crippen molar-refractivity contribution in [1.29, 1.82) is 0 Å². The molecule has 0 bridgehead atoms. The van der Waals surface area contributed by atoms with Gasteiger partial charge in [-0.25, -0.2) is 0 Å². The fourth-order valence-corrected chi connectivity index (χ4v) is 4.03. The van der Waals surface area contributed by atoms with Crippen molar-refractivity contribution in [1.82, 2.24) is 15.1 Å². The number of halogens is 1. The standard InChI is InChI=1S/C24H21ClN4O3S/c1-15(2)29(14-21-27-28-23(32-21)18-9-3-4-10-19(18)25)24(31)16-7-5-8-17(13-16)26-22(30)20-11-6-12-33-20/h3-13,15H,14H2,1-2H3,(H,26,30). The van der Waals surface area contributed by atoms with Gasteiger partial charge >= 0.3 is 0 Å². The number of anilines is 1. The third kappa shape index (κ3) is 5.30. The van der Waals surface area contributed by atoms with Gasteiger partial charge in [-0.2, -0.15) is 0 Å². The lowest BCUT2D eigenvalue weighted by Crippen LogP contribution is -2.36. The smallest absolute Gasteiger partial charge is 0.265 e. The average Bonchev–Trinajstić information content (AvgIpc) is 3.50. The van der Waals surface area contributed by atoms with Crippen LogP contribution in [0.3, 0.4) is 0 Å². The Morgan fingerprint density at radius 3 is 2.64 bits per heavy atom. The third-order valence-electron chi connectivity index (χ3n) is 4.87. The summed E-state index contributed by atoms with van der Waals surface area (Å²) in [7, 11) is 0. The number of rotatable bonds is 7. The summed E-state index contributed by atoms with van der Waals surface area (Å²) in [5.74, 6) is 0.169. The summed E-state index contributed by atoms with van der Waals surface area (Å²) in [6.07, 6.45) is 0. The summed E-state index contributed by atoms with van der Waals surface area (Å²) in [5, 5.41) is 13.3. The van der Waals surface area contributed by atoms with Gasteiger partial charge in [-0.05, 0) is 55.6 Å². The summed E-state index contributed by atoms with van der Waals surface area (Å²) in [5.41, 5.74) is 1.62. The fourth-order valence-electron chi connectivity index (χ4n) is 3.19. The van der Waals surface area contributed by atoms with Crippen molar-refractivity contribution >= 4 is 40.4 Å². The second-order valence-electron chi connectivity index (χ2n) is 7.52. The molecule has 4 rings (SSSR count). The van der Waals surface area contributed by atoms with E-state index in [4.69, 9.17) is 16.0 Å². The van der Waals surface area contributed by atoms with Crippen LogP contribution in [0.2, 0.25) is 5.02 Å². The number of nitrogens with zero attached hydrogens (tertiary/aromatic N) is 3. The Morgan fingerprint density at radius 1 is 1.09 bits per heavy atom. The highest BCUT2D eigenvalue weighted by molar-refractivity contribution is 7.12. The van der Waals surface area contributed by atoms with Gasteiger partial charge in [0.2, 0.25) is 11.8 Å². The molecular formula is C24H21ClN4O3S. The van der Waals surface area contributed by atoms with Gasteiger partial charge in [0.05, 0.1) is 22.0 Å². The molecule has 2 aromatic heterocycles. The minimum absolute atomic E-state index is 0.127. The molecule has 4 aromatic rings. The van der Waals surface area contributed by atoms with Gasteiger partial charge in [0.1, 0.15) is 0 Å². The minimum Gasteiger partial charge on any atom is -0.419 e. The van der Waals surface area contributed by atoms with Crippen LogP contribution in [0.5, 0.6) is 0 Å². The van der Waals surface area contributed by atoms with Gasteiger partial charge in [-0.1, -0.05) is 35.9 Å². The Kier molecular flexibility index (Phi) is 6.86. The van der Waals surface area contributed by atoms with Crippen LogP contribution in [-0.2, 0) is 6.54 Å². The second kappa shape index (κ2) is 9.97. The Balaban J connectivity index is 1.51. The molecule has 0 saturated carbocycles. The number of benzene rings is 2. The molecule has 0 unspecified atom stereocenters. The topological polar surface area (TPSA) is 88.3 Å². The quantitative estimate of drug-likeness (QED) is 0.363. The van der Waals surface area contributed by atoms with E-state index in [1.54, 1.807) is 47.4 Å². The Bertz CT molecular complexity index is 1270. The highest BCUT2D eigenvalue weighted by atomic mass is 35.5. The van der Waals surface area contributed by atoms with Crippen LogP contribution in [0.1, 0.15) is 39.8 Å². The van der Waals surface area contributed by atoms with E-state index in [1.165, 1.54) is 11.3 Å². The normalized spacial score (nSPS) is 10.9. The molecule has 0 atom stereocenters. The van der Waals surface area contributed by atoms with Crippen molar-refractivity contribution in [3.63, 3.8) is 0 Å². The lowest BCUT2D eigenvalue weighted by Gasteiger charge is -2.25. The third-order valence-corrected chi connectivity index (χ3v) is 6.07. The predicted octanol–water partition coefficient (Wildman–Crippen LogP) is 5.75. The van der Waals surface area contributed by atoms with Gasteiger partial charge in [-0.3, -0.25) is 9.59 Å². The molecule has 9 heteroatoms. The van der Waals surface area contributed by atoms with Crippen molar-refractivity contribution < 1.29 is 14.0 Å². The molecule has 0 aliphatic carbocycles. The zero-order valence-corrected chi connectivity index (χ0v) is 19.6. The lowest BCUT2D eigenvalue weighted by molar-refractivity contribution is 0.0672. The van der Waals surface area contributed by atoms with Crippen LogP contribution in [0.25, 0.3) is 11.5 Å². The van der Waals surface area contributed by atoms with E-state index < -0.39 is 0 Å². The molecule has 2 amide bonds. The number of carbonyl (C=O) groups is 2. The predicted molar refractivity (Wildman–Crippen MR) is 128 cm³/mol. The van der Waals surface area contributed by atoms with Crippen LogP contribution in [0, 0.1) is 0 Å². The number of thiophene rings is 1. The molecule has 0 spiro atoms. The first-order chi connectivity index (χ1) is 15.9. The molecule has 7 nitrogen and oxygen atoms in total. The zero-order chi connectivity index (χ0) is 23.4. The Hall–Kier alpha value is -3.49. The van der Waals surface area contributed by atoms with Crippen LogP contribution < -0.4 is 5.32 Å². The highest BCUT2D eigenvalue weighted by Crippen LogP contribution is 2.27. The van der Waals surface area contributed by atoms with E-state index in [0.29, 0.717) is 38.5 Å². The molecule has 2 aromatic carbocycles. The average molecular weight is 481 g/mol. The number of nitrogens with one attached hydrogen (secondary N) is 1. The summed E-state index contributed by atoms with van der Waals surface area (Å²) in [6, 6.07) is 17.5. The zero-order valence-electron chi connectivity index (χ0n) is 18.0. The maximum atomic E-state index is 13.3. The number of amides is 2.